The van der Waals surface area contributed by atoms with Gasteiger partial charge in [-0.05, 0) is 32.1 Å². The summed E-state index contributed by atoms with van der Waals surface area (Å²) in [5.41, 5.74) is 5.27. The Kier molecular flexibility index (Phi) is 30.1. The van der Waals surface area contributed by atoms with E-state index in [2.05, 4.69) is 19.1 Å². The van der Waals surface area contributed by atoms with Gasteiger partial charge in [0.15, 0.2) is 0 Å². The van der Waals surface area contributed by atoms with Gasteiger partial charge in [0.2, 0.25) is 0 Å². The normalized spacial score (nSPS) is 14.0. The predicted octanol–water partition coefficient (Wildman–Crippen LogP) is 8.80. The van der Waals surface area contributed by atoms with Crippen molar-refractivity contribution in [2.45, 2.75) is 155 Å². The maximum atomic E-state index is 11.8. The Morgan fingerprint density at radius 2 is 1.20 bits per heavy atom. The molecule has 0 aliphatic heterocycles. The van der Waals surface area contributed by atoms with Crippen molar-refractivity contribution in [3.63, 3.8) is 0 Å². The second kappa shape index (κ2) is 30.7. The molecular weight excluding hydrogens is 541 g/mol. The zero-order valence-electron chi connectivity index (χ0n) is 26.5. The maximum Gasteiger partial charge on any atom is 0.472 e. The lowest BCUT2D eigenvalue weighted by atomic mass is 10.1. The summed E-state index contributed by atoms with van der Waals surface area (Å²) >= 11 is 0. The fourth-order valence-electron chi connectivity index (χ4n) is 4.50. The maximum absolute atomic E-state index is 11.8. The molecule has 0 rings (SSSR count). The van der Waals surface area contributed by atoms with E-state index in [0.717, 1.165) is 12.8 Å². The number of hydrogen-bond donors (Lipinski definition) is 2. The van der Waals surface area contributed by atoms with Gasteiger partial charge < -0.3 is 20.1 Å². The number of phosphoric ester groups is 1. The highest BCUT2D eigenvalue weighted by atomic mass is 31.2. The van der Waals surface area contributed by atoms with Gasteiger partial charge in [0, 0.05) is 19.6 Å². The van der Waals surface area contributed by atoms with Gasteiger partial charge in [-0.3, -0.25) is 13.8 Å². The number of ether oxygens (including phenoxy) is 2. The first-order valence-electron chi connectivity index (χ1n) is 16.7. The van der Waals surface area contributed by atoms with Gasteiger partial charge >= 0.3 is 13.8 Å². The molecule has 0 spiro atoms. The summed E-state index contributed by atoms with van der Waals surface area (Å²) in [4.78, 5) is 21.3. The zero-order valence-corrected chi connectivity index (χ0v) is 27.4. The van der Waals surface area contributed by atoms with Crippen molar-refractivity contribution in [1.29, 1.82) is 0 Å². The van der Waals surface area contributed by atoms with Gasteiger partial charge in [0.25, 0.3) is 0 Å². The van der Waals surface area contributed by atoms with Gasteiger partial charge in [0.1, 0.15) is 6.10 Å². The van der Waals surface area contributed by atoms with E-state index in [0.29, 0.717) is 6.61 Å². The van der Waals surface area contributed by atoms with Crippen LogP contribution in [0.1, 0.15) is 149 Å². The lowest BCUT2D eigenvalue weighted by Gasteiger charge is -2.19. The quantitative estimate of drug-likeness (QED) is 0.0338. The average Bonchev–Trinajstić information content (AvgIpc) is 2.96. The van der Waals surface area contributed by atoms with Gasteiger partial charge in [0.05, 0.1) is 19.8 Å². The van der Waals surface area contributed by atoms with Crippen LogP contribution in [0.3, 0.4) is 0 Å². The summed E-state index contributed by atoms with van der Waals surface area (Å²) in [6, 6.07) is 0. The molecule has 9 heteroatoms. The lowest BCUT2D eigenvalue weighted by Crippen LogP contribution is -2.28. The highest BCUT2D eigenvalue weighted by Gasteiger charge is 2.24. The molecule has 244 valence electrons. The first kappa shape index (κ1) is 40.2. The van der Waals surface area contributed by atoms with Crippen molar-refractivity contribution in [2.24, 2.45) is 5.73 Å². The number of carbonyl (C=O) groups is 1. The molecule has 0 radical (unpaired) electrons. The molecule has 0 bridgehead atoms. The first-order valence-corrected chi connectivity index (χ1v) is 18.2. The Labute approximate surface area is 252 Å². The second-order valence-electron chi connectivity index (χ2n) is 11.0. The van der Waals surface area contributed by atoms with Gasteiger partial charge in [-0.15, -0.1) is 0 Å². The summed E-state index contributed by atoms with van der Waals surface area (Å²) in [6.07, 6.45) is 30.3. The minimum Gasteiger partial charge on any atom is -0.457 e. The molecule has 0 amide bonds. The van der Waals surface area contributed by atoms with E-state index in [4.69, 9.17) is 24.3 Å². The van der Waals surface area contributed by atoms with E-state index >= 15 is 0 Å². The summed E-state index contributed by atoms with van der Waals surface area (Å²) in [5, 5.41) is 0. The van der Waals surface area contributed by atoms with Gasteiger partial charge in [-0.1, -0.05) is 122 Å². The minimum absolute atomic E-state index is 0.0962. The minimum atomic E-state index is -4.23. The van der Waals surface area contributed by atoms with Crippen LogP contribution < -0.4 is 5.73 Å². The van der Waals surface area contributed by atoms with E-state index in [1.807, 2.05) is 0 Å². The second-order valence-corrected chi connectivity index (χ2v) is 12.4. The van der Waals surface area contributed by atoms with E-state index < -0.39 is 19.9 Å². The summed E-state index contributed by atoms with van der Waals surface area (Å²) in [6.45, 7) is 4.34. The van der Waals surface area contributed by atoms with E-state index in [-0.39, 0.29) is 32.8 Å². The molecule has 0 aliphatic carbocycles. The van der Waals surface area contributed by atoms with Crippen LogP contribution in [-0.4, -0.2) is 49.9 Å². The molecule has 2 atom stereocenters. The van der Waals surface area contributed by atoms with Crippen molar-refractivity contribution in [1.82, 2.24) is 0 Å². The van der Waals surface area contributed by atoms with Crippen LogP contribution in [-0.2, 0) is 27.9 Å². The number of nitrogens with two attached hydrogens (primary N) is 1. The molecule has 0 saturated heterocycles. The third kappa shape index (κ3) is 30.5. The van der Waals surface area contributed by atoms with Crippen molar-refractivity contribution >= 4 is 13.8 Å². The molecule has 0 saturated carbocycles. The highest BCUT2D eigenvalue weighted by molar-refractivity contribution is 7.47. The Hall–Kier alpha value is -0.760. The molecule has 2 unspecified atom stereocenters. The fourth-order valence-corrected chi connectivity index (χ4v) is 5.26. The number of carbonyl (C=O) groups excluding carboxylic acids is 1. The van der Waals surface area contributed by atoms with E-state index in [1.54, 1.807) is 6.92 Å². The third-order valence-electron chi connectivity index (χ3n) is 6.99. The molecule has 8 nitrogen and oxygen atoms in total. The van der Waals surface area contributed by atoms with Crippen LogP contribution in [0.15, 0.2) is 12.2 Å². The number of allylic oxidation sites excluding steroid dienone is 2. The van der Waals surface area contributed by atoms with Crippen molar-refractivity contribution in [2.75, 3.05) is 33.0 Å². The van der Waals surface area contributed by atoms with Crippen LogP contribution >= 0.6 is 7.82 Å². The monoisotopic (exact) mass is 605 g/mol. The molecule has 41 heavy (non-hydrogen) atoms. The molecule has 0 heterocycles. The Bertz CT molecular complexity index is 648. The van der Waals surface area contributed by atoms with Crippen molar-refractivity contribution < 1.29 is 32.8 Å². The van der Waals surface area contributed by atoms with Crippen molar-refractivity contribution in [3.05, 3.63) is 12.2 Å². The van der Waals surface area contributed by atoms with E-state index in [9.17, 15) is 14.3 Å². The molecule has 0 aliphatic rings. The molecule has 3 N–H and O–H groups in total. The number of hydrogen-bond acceptors (Lipinski definition) is 7. The number of rotatable bonds is 32. The predicted molar refractivity (Wildman–Crippen MR) is 169 cm³/mol. The summed E-state index contributed by atoms with van der Waals surface area (Å²) in [7, 11) is -4.23. The van der Waals surface area contributed by atoms with Crippen LogP contribution in [0.25, 0.3) is 0 Å². The fraction of sp³-hybridized carbons (Fsp3) is 0.906. The van der Waals surface area contributed by atoms with Gasteiger partial charge in [-0.25, -0.2) is 4.57 Å². The van der Waals surface area contributed by atoms with Crippen LogP contribution in [0, 0.1) is 0 Å². The van der Waals surface area contributed by atoms with Crippen molar-refractivity contribution in [3.8, 4) is 0 Å². The summed E-state index contributed by atoms with van der Waals surface area (Å²) < 4.78 is 32.3. The molecule has 0 aromatic heterocycles. The molecule has 0 fully saturated rings. The Morgan fingerprint density at radius 1 is 0.707 bits per heavy atom. The first-order chi connectivity index (χ1) is 19.9. The average molecular weight is 606 g/mol. The molecule has 0 aromatic rings. The Morgan fingerprint density at radius 3 is 1.68 bits per heavy atom. The SMILES string of the molecule is CCCCCCCCCC/C=C\CCCCCCCCCCCCOCC(COP(=O)(O)OCCN)OC(=O)CC. The van der Waals surface area contributed by atoms with Crippen LogP contribution in [0.4, 0.5) is 0 Å². The largest absolute Gasteiger partial charge is 0.472 e. The lowest BCUT2D eigenvalue weighted by molar-refractivity contribution is -0.154. The number of esters is 1. The molecular formula is C32H64NO7P. The summed E-state index contributed by atoms with van der Waals surface area (Å²) in [5.74, 6) is -0.418. The Balaban J connectivity index is 3.56. The standard InChI is InChI=1S/C32H64NO7P/c1-3-5-6-7-8-9-10-11-12-13-14-15-16-17-18-19-20-21-22-23-24-25-27-37-29-31(40-32(34)4-2)30-39-41(35,36)38-28-26-33/h13-14,31H,3-12,15-30,33H2,1-2H3,(H,35,36)/b14-13-. The number of phosphoric acid groups is 1. The third-order valence-corrected chi connectivity index (χ3v) is 7.97. The number of unbranched alkanes of at least 4 members (excludes halogenated alkanes) is 18. The molecule has 0 aromatic carbocycles. The van der Waals surface area contributed by atoms with E-state index in [1.165, 1.54) is 116 Å². The smallest absolute Gasteiger partial charge is 0.457 e. The topological polar surface area (TPSA) is 117 Å². The van der Waals surface area contributed by atoms with Crippen LogP contribution in [0.2, 0.25) is 0 Å². The van der Waals surface area contributed by atoms with Crippen LogP contribution in [0.5, 0.6) is 0 Å². The highest BCUT2D eigenvalue weighted by Crippen LogP contribution is 2.43. The van der Waals surface area contributed by atoms with Gasteiger partial charge in [-0.2, -0.15) is 0 Å². The zero-order chi connectivity index (χ0) is 30.3.